The van der Waals surface area contributed by atoms with Gasteiger partial charge in [-0.05, 0) is 42.0 Å². The normalized spacial score (nSPS) is 10.8. The first kappa shape index (κ1) is 24.0. The van der Waals surface area contributed by atoms with Gasteiger partial charge in [0.2, 0.25) is 0 Å². The molecule has 1 heterocycles. The second kappa shape index (κ2) is 11.8. The van der Waals surface area contributed by atoms with Gasteiger partial charge < -0.3 is 24.2 Å². The largest absolute Gasteiger partial charge is 0.493 e. The van der Waals surface area contributed by atoms with Crippen LogP contribution in [0.5, 0.6) is 11.5 Å². The highest BCUT2D eigenvalue weighted by molar-refractivity contribution is 7.09. The summed E-state index contributed by atoms with van der Waals surface area (Å²) in [5, 5.41) is 12.3. The van der Waals surface area contributed by atoms with Crippen LogP contribution >= 0.6 is 22.9 Å². The zero-order valence-corrected chi connectivity index (χ0v) is 19.5. The number of hydrogen-bond donors (Lipinski definition) is 1. The van der Waals surface area contributed by atoms with Gasteiger partial charge in [-0.1, -0.05) is 17.7 Å². The Morgan fingerprint density at radius 2 is 1.94 bits per heavy atom. The molecule has 2 aromatic carbocycles. The summed E-state index contributed by atoms with van der Waals surface area (Å²) < 4.78 is 16.5. The average Bonchev–Trinajstić information content (AvgIpc) is 3.28. The number of methoxy groups -OCH3 is 2. The standard InChI is InChI=1S/C23H25ClN2O5S/c1-29-10-9-26(23(28)17-4-6-18(24)7-5-17)12-16-3-8-20(30-2)21(11-16)31-14-22-25-19(13-27)15-32-22/h3-8,11,15,27H,9-10,12-14H2,1-2H3. The third kappa shape index (κ3) is 6.43. The lowest BCUT2D eigenvalue weighted by molar-refractivity contribution is 0.0680. The summed E-state index contributed by atoms with van der Waals surface area (Å²) in [4.78, 5) is 19.1. The van der Waals surface area contributed by atoms with Crippen molar-refractivity contribution in [1.29, 1.82) is 0 Å². The highest BCUT2D eigenvalue weighted by Crippen LogP contribution is 2.30. The van der Waals surface area contributed by atoms with E-state index in [-0.39, 0.29) is 19.1 Å². The number of aliphatic hydroxyl groups excluding tert-OH is 1. The summed E-state index contributed by atoms with van der Waals surface area (Å²) in [6.45, 7) is 1.37. The predicted octanol–water partition coefficient (Wildman–Crippen LogP) is 4.17. The molecule has 3 aromatic rings. The van der Waals surface area contributed by atoms with Gasteiger partial charge in [0.25, 0.3) is 5.91 Å². The van der Waals surface area contributed by atoms with E-state index in [0.717, 1.165) is 10.6 Å². The minimum absolute atomic E-state index is 0.103. The Morgan fingerprint density at radius 1 is 1.16 bits per heavy atom. The third-order valence-corrected chi connectivity index (χ3v) is 5.78. The van der Waals surface area contributed by atoms with Gasteiger partial charge >= 0.3 is 0 Å². The quantitative estimate of drug-likeness (QED) is 0.447. The van der Waals surface area contributed by atoms with E-state index in [1.165, 1.54) is 11.3 Å². The van der Waals surface area contributed by atoms with Crippen LogP contribution in [0.3, 0.4) is 0 Å². The van der Waals surface area contributed by atoms with Gasteiger partial charge in [-0.2, -0.15) is 0 Å². The van der Waals surface area contributed by atoms with Crippen LogP contribution in [0.4, 0.5) is 0 Å². The van der Waals surface area contributed by atoms with Crippen molar-refractivity contribution in [2.24, 2.45) is 0 Å². The number of aliphatic hydroxyl groups is 1. The van der Waals surface area contributed by atoms with Crippen molar-refractivity contribution in [1.82, 2.24) is 9.88 Å². The summed E-state index contributed by atoms with van der Waals surface area (Å²) in [7, 11) is 3.18. The van der Waals surface area contributed by atoms with Crippen molar-refractivity contribution in [3.05, 3.63) is 74.7 Å². The topological polar surface area (TPSA) is 81.1 Å². The van der Waals surface area contributed by atoms with Gasteiger partial charge in [-0.15, -0.1) is 11.3 Å². The Balaban J connectivity index is 1.76. The SMILES string of the molecule is COCCN(Cc1ccc(OC)c(OCc2nc(CO)cs2)c1)C(=O)c1ccc(Cl)cc1. The minimum atomic E-state index is -0.115. The summed E-state index contributed by atoms with van der Waals surface area (Å²) in [6, 6.07) is 12.4. The Bertz CT molecular complexity index is 1030. The number of carbonyl (C=O) groups is 1. The number of nitrogens with zero attached hydrogens (tertiary/aromatic N) is 2. The van der Waals surface area contributed by atoms with Crippen molar-refractivity contribution < 1.29 is 24.1 Å². The lowest BCUT2D eigenvalue weighted by Crippen LogP contribution is -2.33. The number of halogens is 1. The van der Waals surface area contributed by atoms with Gasteiger partial charge in [-0.3, -0.25) is 4.79 Å². The van der Waals surface area contributed by atoms with Crippen molar-refractivity contribution in [3.8, 4) is 11.5 Å². The Labute approximate surface area is 196 Å². The predicted molar refractivity (Wildman–Crippen MR) is 123 cm³/mol. The summed E-state index contributed by atoms with van der Waals surface area (Å²) >= 11 is 7.37. The fourth-order valence-corrected chi connectivity index (χ4v) is 3.83. The maximum Gasteiger partial charge on any atom is 0.254 e. The van der Waals surface area contributed by atoms with E-state index in [9.17, 15) is 9.90 Å². The maximum atomic E-state index is 13.1. The molecule has 0 radical (unpaired) electrons. The number of benzene rings is 2. The van der Waals surface area contributed by atoms with Crippen LogP contribution in [0.2, 0.25) is 5.02 Å². The molecule has 32 heavy (non-hydrogen) atoms. The van der Waals surface area contributed by atoms with E-state index in [1.54, 1.807) is 48.8 Å². The number of amides is 1. The molecule has 1 N–H and O–H groups in total. The highest BCUT2D eigenvalue weighted by Gasteiger charge is 2.17. The first-order chi connectivity index (χ1) is 15.5. The molecule has 0 aliphatic carbocycles. The highest BCUT2D eigenvalue weighted by atomic mass is 35.5. The number of thiazole rings is 1. The van der Waals surface area contributed by atoms with Crippen molar-refractivity contribution >= 4 is 28.8 Å². The summed E-state index contributed by atoms with van der Waals surface area (Å²) in [5.41, 5.74) is 2.05. The Hall–Kier alpha value is -2.65. The number of aromatic nitrogens is 1. The van der Waals surface area contributed by atoms with Gasteiger partial charge in [-0.25, -0.2) is 4.98 Å². The van der Waals surface area contributed by atoms with Crippen LogP contribution < -0.4 is 9.47 Å². The molecular formula is C23H25ClN2O5S. The molecule has 3 rings (SSSR count). The van der Waals surface area contributed by atoms with Crippen LogP contribution in [-0.4, -0.2) is 48.3 Å². The van der Waals surface area contributed by atoms with E-state index in [2.05, 4.69) is 4.98 Å². The van der Waals surface area contributed by atoms with Crippen LogP contribution in [0.15, 0.2) is 47.8 Å². The Kier molecular flexibility index (Phi) is 8.87. The van der Waals surface area contributed by atoms with E-state index >= 15 is 0 Å². The maximum absolute atomic E-state index is 13.1. The number of hydrogen-bond acceptors (Lipinski definition) is 7. The first-order valence-corrected chi connectivity index (χ1v) is 11.2. The molecule has 0 saturated carbocycles. The lowest BCUT2D eigenvalue weighted by Gasteiger charge is -2.23. The number of carbonyl (C=O) groups excluding carboxylic acids is 1. The lowest BCUT2D eigenvalue weighted by atomic mass is 10.1. The van der Waals surface area contributed by atoms with E-state index < -0.39 is 0 Å². The fourth-order valence-electron chi connectivity index (χ4n) is 3.01. The molecule has 0 bridgehead atoms. The second-order valence-electron chi connectivity index (χ2n) is 6.89. The van der Waals surface area contributed by atoms with Gasteiger partial charge in [0.05, 0.1) is 26.0 Å². The zero-order valence-electron chi connectivity index (χ0n) is 17.9. The molecule has 170 valence electrons. The second-order valence-corrected chi connectivity index (χ2v) is 8.27. The zero-order chi connectivity index (χ0) is 22.9. The van der Waals surface area contributed by atoms with Crippen molar-refractivity contribution in [2.75, 3.05) is 27.4 Å². The summed E-state index contributed by atoms with van der Waals surface area (Å²) in [5.74, 6) is 1.02. The molecule has 1 aromatic heterocycles. The van der Waals surface area contributed by atoms with E-state index in [0.29, 0.717) is 47.5 Å². The average molecular weight is 477 g/mol. The van der Waals surface area contributed by atoms with Crippen LogP contribution in [0.1, 0.15) is 26.6 Å². The van der Waals surface area contributed by atoms with Gasteiger partial charge in [0, 0.05) is 36.2 Å². The molecule has 0 atom stereocenters. The fraction of sp³-hybridized carbons (Fsp3) is 0.304. The van der Waals surface area contributed by atoms with Crippen LogP contribution in [0, 0.1) is 0 Å². The molecule has 7 nitrogen and oxygen atoms in total. The molecule has 0 saturated heterocycles. The molecule has 0 aliphatic rings. The molecular weight excluding hydrogens is 452 g/mol. The van der Waals surface area contributed by atoms with Gasteiger partial charge in [0.15, 0.2) is 11.5 Å². The molecule has 0 aliphatic heterocycles. The smallest absolute Gasteiger partial charge is 0.254 e. The number of rotatable bonds is 11. The first-order valence-electron chi connectivity index (χ1n) is 9.91. The Morgan fingerprint density at radius 3 is 2.59 bits per heavy atom. The van der Waals surface area contributed by atoms with Gasteiger partial charge in [0.1, 0.15) is 11.6 Å². The van der Waals surface area contributed by atoms with Crippen LogP contribution in [-0.2, 0) is 24.5 Å². The van der Waals surface area contributed by atoms with E-state index in [4.69, 9.17) is 25.8 Å². The molecule has 1 amide bonds. The molecule has 0 fully saturated rings. The minimum Gasteiger partial charge on any atom is -0.493 e. The molecule has 0 spiro atoms. The summed E-state index contributed by atoms with van der Waals surface area (Å²) in [6.07, 6.45) is 0. The van der Waals surface area contributed by atoms with Crippen LogP contribution in [0.25, 0.3) is 0 Å². The molecule has 9 heteroatoms. The van der Waals surface area contributed by atoms with E-state index in [1.807, 2.05) is 18.2 Å². The molecule has 0 unspecified atom stereocenters. The van der Waals surface area contributed by atoms with Crippen molar-refractivity contribution in [3.63, 3.8) is 0 Å². The van der Waals surface area contributed by atoms with Crippen molar-refractivity contribution in [2.45, 2.75) is 19.8 Å². The number of ether oxygens (including phenoxy) is 3. The third-order valence-electron chi connectivity index (χ3n) is 4.66. The monoisotopic (exact) mass is 476 g/mol.